The second-order valence-electron chi connectivity index (χ2n) is 16.3. The molecule has 0 aliphatic heterocycles. The fourth-order valence-corrected chi connectivity index (χ4v) is 6.62. The van der Waals surface area contributed by atoms with E-state index in [9.17, 15) is 14.4 Å². The van der Waals surface area contributed by atoms with Gasteiger partial charge in [0, 0.05) is 19.3 Å². The van der Waals surface area contributed by atoms with Crippen LogP contribution in [0.2, 0.25) is 0 Å². The Hall–Kier alpha value is -3.67. The Bertz CT molecular complexity index is 1260. The lowest BCUT2D eigenvalue weighted by Gasteiger charge is -2.18. The summed E-state index contributed by atoms with van der Waals surface area (Å²) in [5, 5.41) is 0. The molecule has 0 amide bonds. The minimum absolute atomic E-state index is 0.120. The van der Waals surface area contributed by atoms with Crippen molar-refractivity contribution in [1.29, 1.82) is 0 Å². The van der Waals surface area contributed by atoms with E-state index < -0.39 is 6.10 Å². The van der Waals surface area contributed by atoms with Gasteiger partial charge in [0.05, 0.1) is 0 Å². The molecule has 62 heavy (non-hydrogen) atoms. The topological polar surface area (TPSA) is 78.9 Å². The highest BCUT2D eigenvalue weighted by molar-refractivity contribution is 5.71. The van der Waals surface area contributed by atoms with Gasteiger partial charge in [0.1, 0.15) is 13.2 Å². The van der Waals surface area contributed by atoms with Crippen LogP contribution in [0.15, 0.2) is 97.2 Å². The first-order valence-electron chi connectivity index (χ1n) is 25.2. The highest BCUT2D eigenvalue weighted by Gasteiger charge is 2.19. The minimum Gasteiger partial charge on any atom is -0.462 e. The Kier molecular flexibility index (Phi) is 47.0. The molecule has 0 N–H and O–H groups in total. The second kappa shape index (κ2) is 50.0. The molecule has 0 aliphatic carbocycles. The van der Waals surface area contributed by atoms with E-state index in [1.165, 1.54) is 83.5 Å². The number of esters is 3. The number of ether oxygens (including phenoxy) is 3. The summed E-state index contributed by atoms with van der Waals surface area (Å²) in [4.78, 5) is 37.9. The van der Waals surface area contributed by atoms with Crippen LogP contribution >= 0.6 is 0 Å². The molecule has 352 valence electrons. The van der Waals surface area contributed by atoms with Crippen molar-refractivity contribution in [2.75, 3.05) is 13.2 Å². The number of hydrogen-bond acceptors (Lipinski definition) is 6. The van der Waals surface area contributed by atoms with E-state index in [0.717, 1.165) is 89.9 Å². The summed E-state index contributed by atoms with van der Waals surface area (Å²) >= 11 is 0. The molecule has 0 aliphatic rings. The van der Waals surface area contributed by atoms with Gasteiger partial charge in [-0.1, -0.05) is 214 Å². The van der Waals surface area contributed by atoms with E-state index in [1.54, 1.807) is 0 Å². The van der Waals surface area contributed by atoms with Crippen LogP contribution in [0.5, 0.6) is 0 Å². The first-order chi connectivity index (χ1) is 30.5. The van der Waals surface area contributed by atoms with Crippen LogP contribution in [-0.4, -0.2) is 37.2 Å². The lowest BCUT2D eigenvalue weighted by atomic mass is 10.0. The maximum atomic E-state index is 12.8. The van der Waals surface area contributed by atoms with E-state index in [-0.39, 0.29) is 37.5 Å². The molecule has 0 aromatic rings. The third-order valence-electron chi connectivity index (χ3n) is 10.3. The molecule has 1 unspecified atom stereocenters. The van der Waals surface area contributed by atoms with E-state index >= 15 is 0 Å². The Morgan fingerprint density at radius 3 is 1.08 bits per heavy atom. The molecule has 0 fully saturated rings. The first-order valence-corrected chi connectivity index (χ1v) is 25.2. The van der Waals surface area contributed by atoms with Crippen molar-refractivity contribution in [3.63, 3.8) is 0 Å². The predicted octanol–water partition coefficient (Wildman–Crippen LogP) is 16.6. The molecule has 0 radical (unpaired) electrons. The molecular formula is C56H92O6. The van der Waals surface area contributed by atoms with Crippen molar-refractivity contribution in [1.82, 2.24) is 0 Å². The van der Waals surface area contributed by atoms with Crippen LogP contribution in [0, 0.1) is 0 Å². The fourth-order valence-electron chi connectivity index (χ4n) is 6.62. The number of unbranched alkanes of at least 4 members (excludes halogenated alkanes) is 17. The Labute approximate surface area is 381 Å². The number of carbonyl (C=O) groups is 3. The highest BCUT2D eigenvalue weighted by Crippen LogP contribution is 2.15. The molecule has 0 saturated heterocycles. The summed E-state index contributed by atoms with van der Waals surface area (Å²) in [5.74, 6) is -1.04. The van der Waals surface area contributed by atoms with Gasteiger partial charge in [-0.3, -0.25) is 14.4 Å². The molecule has 1 atom stereocenters. The molecular weight excluding hydrogens is 769 g/mol. The number of rotatable bonds is 44. The molecule has 6 heteroatoms. The zero-order valence-electron chi connectivity index (χ0n) is 40.1. The van der Waals surface area contributed by atoms with Crippen molar-refractivity contribution in [2.45, 2.75) is 226 Å². The van der Waals surface area contributed by atoms with Crippen LogP contribution in [0.1, 0.15) is 220 Å². The van der Waals surface area contributed by atoms with Crippen molar-refractivity contribution in [3.05, 3.63) is 97.2 Å². The van der Waals surface area contributed by atoms with E-state index in [2.05, 4.69) is 106 Å². The molecule has 0 spiro atoms. The number of carbonyl (C=O) groups excluding carboxylic acids is 3. The van der Waals surface area contributed by atoms with E-state index in [1.807, 2.05) is 12.2 Å². The average Bonchev–Trinajstić information content (AvgIpc) is 3.27. The van der Waals surface area contributed by atoms with Crippen LogP contribution in [-0.2, 0) is 28.6 Å². The monoisotopic (exact) mass is 861 g/mol. The summed E-state index contributed by atoms with van der Waals surface area (Å²) < 4.78 is 16.7. The molecule has 0 bridgehead atoms. The summed E-state index contributed by atoms with van der Waals surface area (Å²) in [6.07, 6.45) is 65.5. The van der Waals surface area contributed by atoms with Gasteiger partial charge in [0.25, 0.3) is 0 Å². The maximum Gasteiger partial charge on any atom is 0.306 e. The van der Waals surface area contributed by atoms with Crippen LogP contribution in [0.25, 0.3) is 0 Å². The largest absolute Gasteiger partial charge is 0.462 e. The Morgan fingerprint density at radius 2 is 0.661 bits per heavy atom. The zero-order chi connectivity index (χ0) is 45.1. The first kappa shape index (κ1) is 58.3. The third-order valence-corrected chi connectivity index (χ3v) is 10.3. The van der Waals surface area contributed by atoms with Gasteiger partial charge in [0.15, 0.2) is 6.10 Å². The van der Waals surface area contributed by atoms with Crippen molar-refractivity contribution < 1.29 is 28.6 Å². The highest BCUT2D eigenvalue weighted by atomic mass is 16.6. The number of hydrogen-bond donors (Lipinski definition) is 0. The van der Waals surface area contributed by atoms with E-state index in [4.69, 9.17) is 14.2 Å². The van der Waals surface area contributed by atoms with Crippen molar-refractivity contribution in [3.8, 4) is 0 Å². The van der Waals surface area contributed by atoms with Crippen molar-refractivity contribution in [2.24, 2.45) is 0 Å². The molecule has 0 saturated carbocycles. The fraction of sp³-hybridized carbons (Fsp3) is 0.661. The lowest BCUT2D eigenvalue weighted by molar-refractivity contribution is -0.166. The predicted molar refractivity (Wildman–Crippen MR) is 265 cm³/mol. The summed E-state index contributed by atoms with van der Waals surface area (Å²) in [7, 11) is 0. The quantitative estimate of drug-likeness (QED) is 0.0263. The van der Waals surface area contributed by atoms with Gasteiger partial charge in [-0.15, -0.1) is 0 Å². The van der Waals surface area contributed by atoms with E-state index in [0.29, 0.717) is 19.3 Å². The van der Waals surface area contributed by atoms with Gasteiger partial charge in [0.2, 0.25) is 0 Å². The normalized spacial score (nSPS) is 12.9. The van der Waals surface area contributed by atoms with Gasteiger partial charge < -0.3 is 14.2 Å². The zero-order valence-corrected chi connectivity index (χ0v) is 40.1. The van der Waals surface area contributed by atoms with Crippen molar-refractivity contribution >= 4 is 17.9 Å². The summed E-state index contributed by atoms with van der Waals surface area (Å²) in [6.45, 7) is 6.30. The lowest BCUT2D eigenvalue weighted by Crippen LogP contribution is -2.30. The Morgan fingerprint density at radius 1 is 0.339 bits per heavy atom. The second-order valence-corrected chi connectivity index (χ2v) is 16.3. The molecule has 6 nitrogen and oxygen atoms in total. The summed E-state index contributed by atoms with van der Waals surface area (Å²) in [6, 6.07) is 0. The van der Waals surface area contributed by atoms with Gasteiger partial charge in [-0.05, 0) is 83.5 Å². The van der Waals surface area contributed by atoms with Crippen LogP contribution in [0.4, 0.5) is 0 Å². The maximum absolute atomic E-state index is 12.8. The minimum atomic E-state index is -0.821. The third kappa shape index (κ3) is 47.4. The van der Waals surface area contributed by atoms with Gasteiger partial charge in [-0.25, -0.2) is 0 Å². The summed E-state index contributed by atoms with van der Waals surface area (Å²) in [5.41, 5.74) is 0. The smallest absolute Gasteiger partial charge is 0.306 e. The van der Waals surface area contributed by atoms with Crippen LogP contribution in [0.3, 0.4) is 0 Å². The Balaban J connectivity index is 4.52. The number of allylic oxidation sites excluding steroid dienone is 16. The molecule has 0 rings (SSSR count). The van der Waals surface area contributed by atoms with Gasteiger partial charge >= 0.3 is 17.9 Å². The average molecular weight is 861 g/mol. The molecule has 0 aromatic carbocycles. The molecule has 0 heterocycles. The molecule has 0 aromatic heterocycles. The van der Waals surface area contributed by atoms with Crippen LogP contribution < -0.4 is 0 Å². The van der Waals surface area contributed by atoms with Gasteiger partial charge in [-0.2, -0.15) is 0 Å². The SMILES string of the molecule is CC/C=C\C/C=C\C/C=C\C/C=C\C/C=C\CCC(=O)OCC(COC(=O)CCCC/C=C\C/C=C\C/C=C\CC)OC(=O)CCCCCCCCCCCCCCCCCC. The standard InChI is InChI=1S/C56H92O6/c1-4-7-10-13-16-19-22-25-27-29-31-34-37-40-43-46-49-55(58)61-52-53(51-60-54(57)48-45-42-39-36-33-24-21-18-15-12-9-6-3)62-56(59)50-47-44-41-38-35-32-30-28-26-23-20-17-14-11-8-5-2/h7,9-10,12,16,18-19,21,25,27,31,33-34,36,40,43,53H,4-6,8,11,13-15,17,20,22-24,26,28-30,32,35,37-39,41-42,44-52H2,1-3H3/b10-7-,12-9-,19-16-,21-18-,27-25-,34-31-,36-33-,43-40-.